The van der Waals surface area contributed by atoms with Gasteiger partial charge in [0.2, 0.25) is 5.91 Å². The summed E-state index contributed by atoms with van der Waals surface area (Å²) in [5.74, 6) is 0.651. The monoisotopic (exact) mass is 198 g/mol. The Morgan fingerprint density at radius 1 is 1.43 bits per heavy atom. The number of carbonyl (C=O) groups is 1. The molecule has 3 heteroatoms. The van der Waals surface area contributed by atoms with Crippen molar-refractivity contribution in [2.45, 2.75) is 51.5 Å². The van der Waals surface area contributed by atoms with Crippen LogP contribution in [0.25, 0.3) is 0 Å². The SMILES string of the molecule is CCC(CC)CNC(=O)C1(N)CCC1. The van der Waals surface area contributed by atoms with Crippen LogP contribution < -0.4 is 11.1 Å². The van der Waals surface area contributed by atoms with Crippen molar-refractivity contribution >= 4 is 5.91 Å². The fraction of sp³-hybridized carbons (Fsp3) is 0.909. The molecule has 0 bridgehead atoms. The van der Waals surface area contributed by atoms with Crippen molar-refractivity contribution < 1.29 is 4.79 Å². The van der Waals surface area contributed by atoms with Gasteiger partial charge in [0.15, 0.2) is 0 Å². The first-order valence-electron chi connectivity index (χ1n) is 5.69. The van der Waals surface area contributed by atoms with Crippen LogP contribution in [0.15, 0.2) is 0 Å². The van der Waals surface area contributed by atoms with Crippen LogP contribution in [0.1, 0.15) is 46.0 Å². The quantitative estimate of drug-likeness (QED) is 0.702. The number of nitrogens with one attached hydrogen (secondary N) is 1. The van der Waals surface area contributed by atoms with Crippen LogP contribution in [-0.2, 0) is 4.79 Å². The van der Waals surface area contributed by atoms with Gasteiger partial charge in [0.1, 0.15) is 0 Å². The van der Waals surface area contributed by atoms with Crippen LogP contribution in [0, 0.1) is 5.92 Å². The lowest BCUT2D eigenvalue weighted by Gasteiger charge is -2.36. The minimum absolute atomic E-state index is 0.0515. The van der Waals surface area contributed by atoms with E-state index in [1.807, 2.05) is 0 Å². The predicted octanol–water partition coefficient (Wildman–Crippen LogP) is 1.42. The lowest BCUT2D eigenvalue weighted by Crippen LogP contribution is -2.58. The van der Waals surface area contributed by atoms with Crippen molar-refractivity contribution in [3.05, 3.63) is 0 Å². The summed E-state index contributed by atoms with van der Waals surface area (Å²) in [5.41, 5.74) is 5.37. The maximum absolute atomic E-state index is 11.6. The van der Waals surface area contributed by atoms with Gasteiger partial charge in [-0.3, -0.25) is 4.79 Å². The summed E-state index contributed by atoms with van der Waals surface area (Å²) in [7, 11) is 0. The molecule has 0 unspecified atom stereocenters. The maximum atomic E-state index is 11.6. The van der Waals surface area contributed by atoms with E-state index in [2.05, 4.69) is 19.2 Å². The van der Waals surface area contributed by atoms with Crippen molar-refractivity contribution in [1.82, 2.24) is 5.32 Å². The molecule has 3 nitrogen and oxygen atoms in total. The molecule has 1 rings (SSSR count). The molecule has 0 aliphatic heterocycles. The summed E-state index contributed by atoms with van der Waals surface area (Å²) in [6.07, 6.45) is 5.03. The van der Waals surface area contributed by atoms with Gasteiger partial charge < -0.3 is 11.1 Å². The average molecular weight is 198 g/mol. The molecule has 1 fully saturated rings. The predicted molar refractivity (Wildman–Crippen MR) is 57.9 cm³/mol. The largest absolute Gasteiger partial charge is 0.354 e. The van der Waals surface area contributed by atoms with Gasteiger partial charge >= 0.3 is 0 Å². The molecule has 1 amide bonds. The van der Waals surface area contributed by atoms with Crippen molar-refractivity contribution in [2.75, 3.05) is 6.54 Å². The first-order chi connectivity index (χ1) is 6.62. The highest BCUT2D eigenvalue weighted by atomic mass is 16.2. The van der Waals surface area contributed by atoms with Crippen molar-refractivity contribution in [2.24, 2.45) is 11.7 Å². The fourth-order valence-electron chi connectivity index (χ4n) is 1.78. The molecule has 1 aliphatic carbocycles. The Kier molecular flexibility index (Phi) is 3.93. The Bertz CT molecular complexity index is 195. The number of amides is 1. The van der Waals surface area contributed by atoms with Crippen molar-refractivity contribution in [3.63, 3.8) is 0 Å². The van der Waals surface area contributed by atoms with E-state index in [9.17, 15) is 4.79 Å². The topological polar surface area (TPSA) is 55.1 Å². The minimum atomic E-state index is -0.536. The zero-order valence-electron chi connectivity index (χ0n) is 9.31. The molecule has 0 aromatic carbocycles. The van der Waals surface area contributed by atoms with E-state index in [0.29, 0.717) is 5.92 Å². The molecule has 3 N–H and O–H groups in total. The van der Waals surface area contributed by atoms with Gasteiger partial charge in [-0.2, -0.15) is 0 Å². The molecule has 0 aromatic heterocycles. The highest BCUT2D eigenvalue weighted by molar-refractivity contribution is 5.86. The molecule has 0 radical (unpaired) electrons. The molecule has 14 heavy (non-hydrogen) atoms. The van der Waals surface area contributed by atoms with E-state index in [-0.39, 0.29) is 5.91 Å². The number of hydrogen-bond donors (Lipinski definition) is 2. The molecule has 0 spiro atoms. The molecular weight excluding hydrogens is 176 g/mol. The van der Waals surface area contributed by atoms with E-state index >= 15 is 0 Å². The van der Waals surface area contributed by atoms with Crippen LogP contribution in [0.5, 0.6) is 0 Å². The van der Waals surface area contributed by atoms with Gasteiger partial charge in [-0.1, -0.05) is 26.7 Å². The number of rotatable bonds is 5. The third-order valence-electron chi connectivity index (χ3n) is 3.40. The molecule has 0 heterocycles. The third kappa shape index (κ3) is 2.47. The lowest BCUT2D eigenvalue weighted by molar-refractivity contribution is -0.129. The van der Waals surface area contributed by atoms with Crippen LogP contribution in [-0.4, -0.2) is 18.0 Å². The second-order valence-corrected chi connectivity index (χ2v) is 4.40. The van der Waals surface area contributed by atoms with Crippen LogP contribution in [0.3, 0.4) is 0 Å². The highest BCUT2D eigenvalue weighted by Gasteiger charge is 2.39. The third-order valence-corrected chi connectivity index (χ3v) is 3.40. The Labute approximate surface area is 86.4 Å². The van der Waals surface area contributed by atoms with E-state index in [4.69, 9.17) is 5.73 Å². The van der Waals surface area contributed by atoms with E-state index < -0.39 is 5.54 Å². The first-order valence-corrected chi connectivity index (χ1v) is 5.69. The van der Waals surface area contributed by atoms with Gasteiger partial charge in [-0.15, -0.1) is 0 Å². The highest BCUT2D eigenvalue weighted by Crippen LogP contribution is 2.29. The summed E-state index contributed by atoms with van der Waals surface area (Å²) < 4.78 is 0. The summed E-state index contributed by atoms with van der Waals surface area (Å²) in [6, 6.07) is 0. The van der Waals surface area contributed by atoms with Crippen molar-refractivity contribution in [3.8, 4) is 0 Å². The normalized spacial score (nSPS) is 19.1. The fourth-order valence-corrected chi connectivity index (χ4v) is 1.78. The summed E-state index contributed by atoms with van der Waals surface area (Å²) >= 11 is 0. The van der Waals surface area contributed by atoms with Crippen molar-refractivity contribution in [1.29, 1.82) is 0 Å². The molecular formula is C11H22N2O. The summed E-state index contributed by atoms with van der Waals surface area (Å²) in [5, 5.41) is 2.96. The van der Waals surface area contributed by atoms with Gasteiger partial charge in [0.25, 0.3) is 0 Å². The Morgan fingerprint density at radius 2 is 2.00 bits per heavy atom. The Hall–Kier alpha value is -0.570. The van der Waals surface area contributed by atoms with Crippen LogP contribution in [0.2, 0.25) is 0 Å². The molecule has 0 saturated heterocycles. The van der Waals surface area contributed by atoms with Gasteiger partial charge in [0, 0.05) is 6.54 Å². The zero-order valence-corrected chi connectivity index (χ0v) is 9.31. The van der Waals surface area contributed by atoms with Gasteiger partial charge in [-0.05, 0) is 25.2 Å². The first kappa shape index (κ1) is 11.5. The summed E-state index contributed by atoms with van der Waals surface area (Å²) in [4.78, 5) is 11.6. The Morgan fingerprint density at radius 3 is 2.36 bits per heavy atom. The van der Waals surface area contributed by atoms with Crippen LogP contribution >= 0.6 is 0 Å². The average Bonchev–Trinajstić information content (AvgIpc) is 2.15. The maximum Gasteiger partial charge on any atom is 0.240 e. The second kappa shape index (κ2) is 4.78. The molecule has 0 aromatic rings. The lowest BCUT2D eigenvalue weighted by atomic mass is 9.77. The Balaban J connectivity index is 2.27. The number of nitrogens with two attached hydrogens (primary N) is 1. The minimum Gasteiger partial charge on any atom is -0.354 e. The smallest absolute Gasteiger partial charge is 0.240 e. The zero-order chi connectivity index (χ0) is 10.6. The molecule has 0 atom stereocenters. The molecule has 1 saturated carbocycles. The number of hydrogen-bond acceptors (Lipinski definition) is 2. The van der Waals surface area contributed by atoms with Gasteiger partial charge in [0.05, 0.1) is 5.54 Å². The van der Waals surface area contributed by atoms with Crippen LogP contribution in [0.4, 0.5) is 0 Å². The number of carbonyl (C=O) groups excluding carboxylic acids is 1. The van der Waals surface area contributed by atoms with Gasteiger partial charge in [-0.25, -0.2) is 0 Å². The van der Waals surface area contributed by atoms with E-state index in [1.54, 1.807) is 0 Å². The van der Waals surface area contributed by atoms with E-state index in [0.717, 1.165) is 38.6 Å². The summed E-state index contributed by atoms with van der Waals surface area (Å²) in [6.45, 7) is 5.09. The van der Waals surface area contributed by atoms with E-state index in [1.165, 1.54) is 0 Å². The molecule has 82 valence electrons. The standard InChI is InChI=1S/C11H22N2O/c1-3-9(4-2)8-13-10(14)11(12)6-5-7-11/h9H,3-8,12H2,1-2H3,(H,13,14). The molecule has 1 aliphatic rings. The second-order valence-electron chi connectivity index (χ2n) is 4.40.